The average molecular weight is 460 g/mol. The lowest BCUT2D eigenvalue weighted by Crippen LogP contribution is -2.41. The summed E-state index contributed by atoms with van der Waals surface area (Å²) in [5.74, 6) is -0.732. The number of rotatable bonds is 10. The van der Waals surface area contributed by atoms with E-state index in [-0.39, 0.29) is 5.91 Å². The molecule has 0 bridgehead atoms. The zero-order valence-electron chi connectivity index (χ0n) is 19.0. The van der Waals surface area contributed by atoms with E-state index in [0.29, 0.717) is 17.7 Å². The van der Waals surface area contributed by atoms with Crippen molar-refractivity contribution < 1.29 is 14.7 Å². The number of aliphatic carboxylic acids is 1. The lowest BCUT2D eigenvalue weighted by atomic mass is 9.93. The number of nitrogens with one attached hydrogen (secondary N) is 1. The number of hydrogen-bond acceptors (Lipinski definition) is 3. The van der Waals surface area contributed by atoms with Crippen LogP contribution in [0.3, 0.4) is 0 Å². The van der Waals surface area contributed by atoms with Gasteiger partial charge in [0, 0.05) is 5.56 Å². The fraction of sp³-hybridized carbons (Fsp3) is 0.214. The van der Waals surface area contributed by atoms with Crippen molar-refractivity contribution in [1.82, 2.24) is 5.32 Å². The molecule has 0 saturated carbocycles. The van der Waals surface area contributed by atoms with Gasteiger partial charge in [-0.2, -0.15) is 11.8 Å². The third kappa shape index (κ3) is 6.83. The van der Waals surface area contributed by atoms with Crippen molar-refractivity contribution in [3.8, 4) is 11.1 Å². The molecule has 0 spiro atoms. The number of carbonyl (C=O) groups excluding carboxylic acids is 1. The van der Waals surface area contributed by atoms with Crippen LogP contribution in [0.15, 0.2) is 78.9 Å². The Morgan fingerprint density at radius 3 is 2.42 bits per heavy atom. The summed E-state index contributed by atoms with van der Waals surface area (Å²) in [4.78, 5) is 24.8. The Morgan fingerprint density at radius 2 is 1.73 bits per heavy atom. The van der Waals surface area contributed by atoms with Gasteiger partial charge in [0.1, 0.15) is 6.04 Å². The minimum atomic E-state index is -1.02. The fourth-order valence-electron chi connectivity index (χ4n) is 3.64. The minimum Gasteiger partial charge on any atom is -0.480 e. The molecule has 0 aliphatic heterocycles. The second-order valence-electron chi connectivity index (χ2n) is 7.86. The summed E-state index contributed by atoms with van der Waals surface area (Å²) in [5, 5.41) is 12.2. The molecule has 3 aromatic carbocycles. The van der Waals surface area contributed by atoms with Crippen LogP contribution in [0.25, 0.3) is 17.2 Å². The highest BCUT2D eigenvalue weighted by Crippen LogP contribution is 2.29. The van der Waals surface area contributed by atoms with Crippen LogP contribution in [0.5, 0.6) is 0 Å². The molecule has 3 rings (SSSR count). The second kappa shape index (κ2) is 12.1. The molecule has 170 valence electrons. The number of allylic oxidation sites excluding steroid dienone is 1. The van der Waals surface area contributed by atoms with Gasteiger partial charge < -0.3 is 10.4 Å². The van der Waals surface area contributed by atoms with Crippen LogP contribution in [-0.2, 0) is 11.2 Å². The SMILES string of the molecule is CSCC[C@H](NC(=O)c1ccc(/C=C/Cc2ccccc2)cc1-c1ccccc1C)C(=O)O. The monoisotopic (exact) mass is 459 g/mol. The number of aryl methyl sites for hydroxylation is 1. The van der Waals surface area contributed by atoms with Crippen molar-refractivity contribution in [3.63, 3.8) is 0 Å². The Bertz CT molecular complexity index is 1120. The third-order valence-electron chi connectivity index (χ3n) is 5.44. The minimum absolute atomic E-state index is 0.374. The Hall–Kier alpha value is -3.31. The van der Waals surface area contributed by atoms with Gasteiger partial charge in [0.15, 0.2) is 0 Å². The van der Waals surface area contributed by atoms with Crippen molar-refractivity contribution >= 4 is 29.7 Å². The van der Waals surface area contributed by atoms with Crippen molar-refractivity contribution in [2.45, 2.75) is 25.8 Å². The average Bonchev–Trinajstić information content (AvgIpc) is 2.82. The van der Waals surface area contributed by atoms with Crippen molar-refractivity contribution in [2.24, 2.45) is 0 Å². The highest BCUT2D eigenvalue weighted by atomic mass is 32.2. The highest BCUT2D eigenvalue weighted by molar-refractivity contribution is 7.98. The van der Waals surface area contributed by atoms with E-state index < -0.39 is 12.0 Å². The molecule has 3 aromatic rings. The summed E-state index contributed by atoms with van der Waals surface area (Å²) >= 11 is 1.56. The molecule has 0 unspecified atom stereocenters. The standard InChI is InChI=1S/C28H29NO3S/c1-20-9-6-7-14-23(20)25-19-22(13-8-12-21-10-4-3-5-11-21)15-16-24(25)27(30)29-26(28(31)32)17-18-33-2/h3-11,13-16,19,26H,12,17-18H2,1-2H3,(H,29,30)(H,31,32)/b13-8+/t26-/m0/s1. The van der Waals surface area contributed by atoms with Crippen LogP contribution >= 0.6 is 11.8 Å². The Balaban J connectivity index is 1.91. The molecular formula is C28H29NO3S. The zero-order valence-corrected chi connectivity index (χ0v) is 19.8. The summed E-state index contributed by atoms with van der Waals surface area (Å²) in [6.07, 6.45) is 7.27. The predicted octanol–water partition coefficient (Wildman–Crippen LogP) is 5.85. The van der Waals surface area contributed by atoms with Crippen molar-refractivity contribution in [3.05, 3.63) is 101 Å². The second-order valence-corrected chi connectivity index (χ2v) is 8.84. The zero-order chi connectivity index (χ0) is 23.6. The first-order valence-corrected chi connectivity index (χ1v) is 12.3. The number of amides is 1. The smallest absolute Gasteiger partial charge is 0.326 e. The van der Waals surface area contributed by atoms with E-state index >= 15 is 0 Å². The first-order valence-electron chi connectivity index (χ1n) is 10.9. The number of carboxylic acid groups (broad SMARTS) is 1. The lowest BCUT2D eigenvalue weighted by molar-refractivity contribution is -0.139. The van der Waals surface area contributed by atoms with E-state index in [1.54, 1.807) is 17.8 Å². The third-order valence-corrected chi connectivity index (χ3v) is 6.09. The van der Waals surface area contributed by atoms with Gasteiger partial charge in [0.25, 0.3) is 5.91 Å². The maximum absolute atomic E-state index is 13.1. The van der Waals surface area contributed by atoms with Crippen molar-refractivity contribution in [2.75, 3.05) is 12.0 Å². The van der Waals surface area contributed by atoms with Gasteiger partial charge >= 0.3 is 5.97 Å². The normalized spacial score (nSPS) is 11.9. The van der Waals surface area contributed by atoms with Gasteiger partial charge in [0.05, 0.1) is 0 Å². The van der Waals surface area contributed by atoms with Crippen LogP contribution in [0.2, 0.25) is 0 Å². The summed E-state index contributed by atoms with van der Waals surface area (Å²) in [6, 6.07) is 22.9. The van der Waals surface area contributed by atoms with Crippen molar-refractivity contribution in [1.29, 1.82) is 0 Å². The fourth-order valence-corrected chi connectivity index (χ4v) is 4.11. The van der Waals surface area contributed by atoms with E-state index in [2.05, 4.69) is 29.6 Å². The van der Waals surface area contributed by atoms with Gasteiger partial charge in [-0.3, -0.25) is 4.79 Å². The number of carbonyl (C=O) groups is 2. The van der Waals surface area contributed by atoms with Gasteiger partial charge in [-0.15, -0.1) is 0 Å². The van der Waals surface area contributed by atoms with Gasteiger partial charge in [0.2, 0.25) is 0 Å². The molecule has 0 aromatic heterocycles. The van der Waals surface area contributed by atoms with Crippen LogP contribution in [-0.4, -0.2) is 35.0 Å². The number of hydrogen-bond donors (Lipinski definition) is 2. The molecule has 0 saturated heterocycles. The molecule has 0 heterocycles. The number of thioether (sulfide) groups is 1. The topological polar surface area (TPSA) is 66.4 Å². The lowest BCUT2D eigenvalue weighted by Gasteiger charge is -2.17. The van der Waals surface area contributed by atoms with E-state index in [1.807, 2.05) is 67.8 Å². The molecule has 0 aliphatic rings. The Labute approximate surface area is 199 Å². The number of carboxylic acids is 1. The maximum Gasteiger partial charge on any atom is 0.326 e. The molecule has 33 heavy (non-hydrogen) atoms. The van der Waals surface area contributed by atoms with Gasteiger partial charge in [-0.05, 0) is 71.7 Å². The molecule has 4 nitrogen and oxygen atoms in total. The van der Waals surface area contributed by atoms with Crippen LogP contribution in [0.1, 0.15) is 33.5 Å². The maximum atomic E-state index is 13.1. The first-order chi connectivity index (χ1) is 16.0. The van der Waals surface area contributed by atoms with Crippen LogP contribution < -0.4 is 5.32 Å². The van der Waals surface area contributed by atoms with E-state index in [4.69, 9.17) is 0 Å². The molecule has 0 fully saturated rings. The Kier molecular flexibility index (Phi) is 8.90. The quantitative estimate of drug-likeness (QED) is 0.399. The summed E-state index contributed by atoms with van der Waals surface area (Å²) in [6.45, 7) is 2.01. The van der Waals surface area contributed by atoms with E-state index in [0.717, 1.165) is 28.7 Å². The largest absolute Gasteiger partial charge is 0.480 e. The molecule has 1 atom stereocenters. The predicted molar refractivity (Wildman–Crippen MR) is 138 cm³/mol. The molecular weight excluding hydrogens is 430 g/mol. The first kappa shape index (κ1) is 24.3. The summed E-state index contributed by atoms with van der Waals surface area (Å²) in [5.41, 5.74) is 5.49. The highest BCUT2D eigenvalue weighted by Gasteiger charge is 2.22. The molecule has 5 heteroatoms. The van der Waals surface area contributed by atoms with Crippen LogP contribution in [0.4, 0.5) is 0 Å². The van der Waals surface area contributed by atoms with Gasteiger partial charge in [-0.25, -0.2) is 4.79 Å². The molecule has 2 N–H and O–H groups in total. The van der Waals surface area contributed by atoms with E-state index in [9.17, 15) is 14.7 Å². The van der Waals surface area contributed by atoms with E-state index in [1.165, 1.54) is 5.56 Å². The van der Waals surface area contributed by atoms with Crippen LogP contribution in [0, 0.1) is 6.92 Å². The number of benzene rings is 3. The summed E-state index contributed by atoms with van der Waals surface area (Å²) < 4.78 is 0. The van der Waals surface area contributed by atoms with Gasteiger partial charge in [-0.1, -0.05) is 72.8 Å². The molecule has 1 amide bonds. The molecule has 0 radical (unpaired) electrons. The summed E-state index contributed by atoms with van der Waals surface area (Å²) in [7, 11) is 0. The molecule has 0 aliphatic carbocycles. The Morgan fingerprint density at radius 1 is 1.00 bits per heavy atom.